The van der Waals surface area contributed by atoms with E-state index in [0.717, 1.165) is 27.8 Å². The van der Waals surface area contributed by atoms with Gasteiger partial charge in [-0.15, -0.1) is 10.2 Å². The summed E-state index contributed by atoms with van der Waals surface area (Å²) in [5.41, 5.74) is 5.97. The van der Waals surface area contributed by atoms with Crippen molar-refractivity contribution in [2.45, 2.75) is 11.6 Å². The molecule has 0 amide bonds. The number of hydrogen-bond acceptors (Lipinski definition) is 6. The number of benzene rings is 2. The number of fused-ring (bicyclic) bond motifs is 1. The molecule has 1 aliphatic heterocycles. The molecule has 0 fully saturated rings. The van der Waals surface area contributed by atoms with Gasteiger partial charge in [-0.25, -0.2) is 4.68 Å². The van der Waals surface area contributed by atoms with Crippen molar-refractivity contribution in [3.63, 3.8) is 0 Å². The van der Waals surface area contributed by atoms with E-state index < -0.39 is 4.92 Å². The van der Waals surface area contributed by atoms with Crippen LogP contribution < -0.4 is 5.43 Å². The molecule has 124 valence electrons. The minimum atomic E-state index is -0.398. The summed E-state index contributed by atoms with van der Waals surface area (Å²) in [6.07, 6.45) is 0.642. The minimum Gasteiger partial charge on any atom is -0.290 e. The number of nitrogens with zero attached hydrogens (tertiary/aromatic N) is 4. The topological polar surface area (TPSA) is 85.9 Å². The molecule has 8 heteroatoms. The summed E-state index contributed by atoms with van der Waals surface area (Å²) in [6.45, 7) is 0. The lowest BCUT2D eigenvalue weighted by atomic mass is 10.1. The van der Waals surface area contributed by atoms with Crippen LogP contribution in [-0.4, -0.2) is 19.8 Å². The fraction of sp³-hybridized carbons (Fsp3) is 0.0588. The number of nitro groups is 1. The zero-order valence-electron chi connectivity index (χ0n) is 13.0. The zero-order chi connectivity index (χ0) is 17.2. The van der Waals surface area contributed by atoms with Crippen LogP contribution in [0, 0.1) is 10.1 Å². The Balaban J connectivity index is 1.61. The standard InChI is InChI=1S/C17H13N5O2S/c23-22(24)14-8-4-7-13(10-14)15-11-25-17-19-18-16(21(17)20-15)9-12-5-2-1-3-6-12/h1-8,10-11,20H,9H2. The van der Waals surface area contributed by atoms with Crippen molar-refractivity contribution in [2.75, 3.05) is 5.43 Å². The molecular weight excluding hydrogens is 338 g/mol. The van der Waals surface area contributed by atoms with E-state index in [-0.39, 0.29) is 5.69 Å². The third kappa shape index (κ3) is 3.11. The number of non-ortho nitro benzene ring substituents is 1. The fourth-order valence-electron chi connectivity index (χ4n) is 2.56. The Kier molecular flexibility index (Phi) is 3.95. The van der Waals surface area contributed by atoms with Crippen LogP contribution in [0.15, 0.2) is 65.2 Å². The summed E-state index contributed by atoms with van der Waals surface area (Å²) in [4.78, 5) is 10.6. The fourth-order valence-corrected chi connectivity index (χ4v) is 3.32. The molecule has 0 saturated heterocycles. The maximum Gasteiger partial charge on any atom is 0.270 e. The van der Waals surface area contributed by atoms with Crippen molar-refractivity contribution in [1.82, 2.24) is 14.9 Å². The highest BCUT2D eigenvalue weighted by Gasteiger charge is 2.19. The van der Waals surface area contributed by atoms with Gasteiger partial charge >= 0.3 is 0 Å². The van der Waals surface area contributed by atoms with Gasteiger partial charge < -0.3 is 0 Å². The molecule has 0 saturated carbocycles. The Hall–Kier alpha value is -3.13. The van der Waals surface area contributed by atoms with Crippen LogP contribution in [0.3, 0.4) is 0 Å². The molecule has 0 bridgehead atoms. The molecule has 7 nitrogen and oxygen atoms in total. The summed E-state index contributed by atoms with van der Waals surface area (Å²) < 4.78 is 1.83. The van der Waals surface area contributed by atoms with Crippen molar-refractivity contribution < 1.29 is 4.92 Å². The van der Waals surface area contributed by atoms with Crippen LogP contribution in [0.2, 0.25) is 0 Å². The Morgan fingerprint density at radius 3 is 2.76 bits per heavy atom. The van der Waals surface area contributed by atoms with Crippen LogP contribution in [-0.2, 0) is 6.42 Å². The van der Waals surface area contributed by atoms with Gasteiger partial charge in [0.1, 0.15) is 0 Å². The second kappa shape index (κ2) is 6.40. The Labute approximate surface area is 147 Å². The number of rotatable bonds is 4. The maximum absolute atomic E-state index is 11.0. The van der Waals surface area contributed by atoms with E-state index in [9.17, 15) is 10.1 Å². The summed E-state index contributed by atoms with van der Waals surface area (Å²) in [6, 6.07) is 16.5. The van der Waals surface area contributed by atoms with E-state index in [0.29, 0.717) is 6.42 Å². The predicted octanol–water partition coefficient (Wildman–Crippen LogP) is 3.42. The lowest BCUT2D eigenvalue weighted by molar-refractivity contribution is -0.384. The molecule has 0 aliphatic carbocycles. The van der Waals surface area contributed by atoms with E-state index in [1.807, 2.05) is 46.5 Å². The Bertz CT molecular complexity index is 968. The summed E-state index contributed by atoms with van der Waals surface area (Å²) in [5.74, 6) is 0.782. The van der Waals surface area contributed by atoms with E-state index >= 15 is 0 Å². The molecule has 25 heavy (non-hydrogen) atoms. The predicted molar refractivity (Wildman–Crippen MR) is 95.6 cm³/mol. The first kappa shape index (κ1) is 15.4. The summed E-state index contributed by atoms with van der Waals surface area (Å²) in [5, 5.41) is 22.0. The van der Waals surface area contributed by atoms with Gasteiger partial charge in [0, 0.05) is 29.5 Å². The molecule has 1 aliphatic rings. The van der Waals surface area contributed by atoms with E-state index in [2.05, 4.69) is 15.6 Å². The maximum atomic E-state index is 11.0. The monoisotopic (exact) mass is 351 g/mol. The van der Waals surface area contributed by atoms with Gasteiger partial charge in [-0.2, -0.15) is 0 Å². The average Bonchev–Trinajstić information content (AvgIpc) is 3.05. The lowest BCUT2D eigenvalue weighted by Crippen LogP contribution is -2.20. The first-order chi connectivity index (χ1) is 12.2. The largest absolute Gasteiger partial charge is 0.290 e. The highest BCUT2D eigenvalue weighted by molar-refractivity contribution is 8.02. The third-order valence-electron chi connectivity index (χ3n) is 3.79. The van der Waals surface area contributed by atoms with Crippen molar-refractivity contribution in [3.05, 3.63) is 87.1 Å². The van der Waals surface area contributed by atoms with Crippen LogP contribution in [0.25, 0.3) is 5.70 Å². The molecule has 2 aromatic carbocycles. The summed E-state index contributed by atoms with van der Waals surface area (Å²) in [7, 11) is 0. The molecule has 2 heterocycles. The first-order valence-corrected chi connectivity index (χ1v) is 8.45. The molecule has 4 rings (SSSR count). The van der Waals surface area contributed by atoms with Crippen molar-refractivity contribution in [2.24, 2.45) is 0 Å². The van der Waals surface area contributed by atoms with E-state index in [4.69, 9.17) is 0 Å². The highest BCUT2D eigenvalue weighted by atomic mass is 32.2. The van der Waals surface area contributed by atoms with Crippen molar-refractivity contribution in [3.8, 4) is 0 Å². The van der Waals surface area contributed by atoms with E-state index in [1.54, 1.807) is 12.1 Å². The quantitative estimate of drug-likeness (QED) is 0.572. The van der Waals surface area contributed by atoms with Crippen LogP contribution in [0.5, 0.6) is 0 Å². The van der Waals surface area contributed by atoms with E-state index in [1.165, 1.54) is 17.8 Å². The molecule has 3 aromatic rings. The molecule has 0 unspecified atom stereocenters. The van der Waals surface area contributed by atoms with Gasteiger partial charge in [0.25, 0.3) is 5.69 Å². The molecule has 1 N–H and O–H groups in total. The van der Waals surface area contributed by atoms with Crippen LogP contribution in [0.1, 0.15) is 17.0 Å². The van der Waals surface area contributed by atoms with Gasteiger partial charge in [0.2, 0.25) is 5.16 Å². The van der Waals surface area contributed by atoms with Crippen LogP contribution in [0.4, 0.5) is 5.69 Å². The van der Waals surface area contributed by atoms with Gasteiger partial charge in [-0.05, 0) is 5.56 Å². The van der Waals surface area contributed by atoms with Gasteiger partial charge in [0.05, 0.1) is 10.6 Å². The Morgan fingerprint density at radius 1 is 1.12 bits per heavy atom. The molecular formula is C17H13N5O2S. The molecule has 1 aromatic heterocycles. The number of hydrogen-bond donors (Lipinski definition) is 1. The smallest absolute Gasteiger partial charge is 0.270 e. The number of aromatic nitrogens is 3. The van der Waals surface area contributed by atoms with Gasteiger partial charge in [-0.3, -0.25) is 15.5 Å². The zero-order valence-corrected chi connectivity index (χ0v) is 13.8. The van der Waals surface area contributed by atoms with Crippen molar-refractivity contribution in [1.29, 1.82) is 0 Å². The first-order valence-electron chi connectivity index (χ1n) is 7.57. The number of thioether (sulfide) groups is 1. The molecule has 0 atom stereocenters. The van der Waals surface area contributed by atoms with Crippen LogP contribution >= 0.6 is 11.8 Å². The van der Waals surface area contributed by atoms with Crippen molar-refractivity contribution >= 4 is 23.1 Å². The number of nitro benzene ring substituents is 1. The Morgan fingerprint density at radius 2 is 1.96 bits per heavy atom. The third-order valence-corrected chi connectivity index (χ3v) is 4.62. The normalized spacial score (nSPS) is 12.9. The van der Waals surface area contributed by atoms with Gasteiger partial charge in [0.15, 0.2) is 5.82 Å². The number of nitrogens with one attached hydrogen (secondary N) is 1. The average molecular weight is 351 g/mol. The second-order valence-electron chi connectivity index (χ2n) is 5.47. The lowest BCUT2D eigenvalue weighted by Gasteiger charge is -2.19. The molecule has 0 radical (unpaired) electrons. The summed E-state index contributed by atoms with van der Waals surface area (Å²) >= 11 is 1.43. The minimum absolute atomic E-state index is 0.0595. The molecule has 0 spiro atoms. The highest BCUT2D eigenvalue weighted by Crippen LogP contribution is 2.30. The van der Waals surface area contributed by atoms with Gasteiger partial charge in [-0.1, -0.05) is 54.2 Å². The SMILES string of the molecule is O=[N+]([O-])c1cccc(C2=CSc3nnc(Cc4ccccc4)n3N2)c1. The second-order valence-corrected chi connectivity index (χ2v) is 6.30.